The molecule has 1 heterocycles. The number of allylic oxidation sites excluding steroid dienone is 1. The third kappa shape index (κ3) is 5.01. The van der Waals surface area contributed by atoms with Gasteiger partial charge in [0.25, 0.3) is 0 Å². The number of amides is 1. The Morgan fingerprint density at radius 3 is 3.13 bits per heavy atom. The van der Waals surface area contributed by atoms with E-state index in [0.717, 1.165) is 5.16 Å². The van der Waals surface area contributed by atoms with E-state index in [-0.39, 0.29) is 5.91 Å². The molecule has 0 unspecified atom stereocenters. The van der Waals surface area contributed by atoms with Gasteiger partial charge in [0.15, 0.2) is 5.16 Å². The van der Waals surface area contributed by atoms with Crippen molar-refractivity contribution in [2.24, 2.45) is 0 Å². The molecule has 0 saturated carbocycles. The lowest BCUT2D eigenvalue weighted by Crippen LogP contribution is -2.13. The predicted octanol–water partition coefficient (Wildman–Crippen LogP) is 3.25. The molecule has 1 aromatic carbocycles. The second kappa shape index (κ2) is 8.59. The molecule has 1 N–H and O–H groups in total. The largest absolute Gasteiger partial charge is 0.495 e. The summed E-state index contributed by atoms with van der Waals surface area (Å²) < 4.78 is 7.07. The van der Waals surface area contributed by atoms with Crippen LogP contribution in [-0.2, 0) is 11.3 Å². The van der Waals surface area contributed by atoms with Gasteiger partial charge in [0, 0.05) is 23.7 Å². The summed E-state index contributed by atoms with van der Waals surface area (Å²) in [7, 11) is 1.54. The summed E-state index contributed by atoms with van der Waals surface area (Å²) >= 11 is 7.41. The van der Waals surface area contributed by atoms with Gasteiger partial charge in [-0.3, -0.25) is 4.79 Å². The summed E-state index contributed by atoms with van der Waals surface area (Å²) in [5.74, 6) is 1.04. The van der Waals surface area contributed by atoms with Crippen LogP contribution in [0.2, 0.25) is 5.02 Å². The van der Waals surface area contributed by atoms with Crippen LogP contribution in [0.4, 0.5) is 5.69 Å². The van der Waals surface area contributed by atoms with E-state index in [9.17, 15) is 4.79 Å². The molecule has 0 saturated heterocycles. The molecule has 0 fully saturated rings. The molecule has 0 atom stereocenters. The fourth-order valence-corrected chi connectivity index (χ4v) is 2.88. The quantitative estimate of drug-likeness (QED) is 0.583. The number of rotatable bonds is 8. The number of hydrogen-bond donors (Lipinski definition) is 1. The first-order chi connectivity index (χ1) is 11.1. The van der Waals surface area contributed by atoms with Gasteiger partial charge in [-0.2, -0.15) is 0 Å². The normalized spacial score (nSPS) is 10.3. The van der Waals surface area contributed by atoms with Crippen LogP contribution in [0.3, 0.4) is 0 Å². The molecule has 6 nitrogen and oxygen atoms in total. The molecule has 23 heavy (non-hydrogen) atoms. The Hall–Kier alpha value is -1.99. The average molecular weight is 353 g/mol. The standard InChI is InChI=1S/C15H17ClN4O2S/c1-3-7-20-10-17-19-15(20)23-8-6-14(21)18-12-9-11(16)4-5-13(12)22-2/h3-5,9-10H,1,6-8H2,2H3,(H,18,21). The number of aromatic nitrogens is 3. The zero-order valence-electron chi connectivity index (χ0n) is 12.7. The number of nitrogens with zero attached hydrogens (tertiary/aromatic N) is 3. The van der Waals surface area contributed by atoms with E-state index in [1.165, 1.54) is 11.8 Å². The summed E-state index contributed by atoms with van der Waals surface area (Å²) in [5, 5.41) is 12.0. The third-order valence-corrected chi connectivity index (χ3v) is 4.12. The maximum absolute atomic E-state index is 12.0. The highest BCUT2D eigenvalue weighted by atomic mass is 35.5. The molecule has 0 aliphatic rings. The van der Waals surface area contributed by atoms with Gasteiger partial charge in [-0.05, 0) is 18.2 Å². The van der Waals surface area contributed by atoms with Crippen molar-refractivity contribution < 1.29 is 9.53 Å². The van der Waals surface area contributed by atoms with Crippen LogP contribution in [0.5, 0.6) is 5.75 Å². The molecular formula is C15H17ClN4O2S. The van der Waals surface area contributed by atoms with Crippen molar-refractivity contribution in [1.29, 1.82) is 0 Å². The van der Waals surface area contributed by atoms with Gasteiger partial charge in [0.05, 0.1) is 12.8 Å². The van der Waals surface area contributed by atoms with Gasteiger partial charge >= 0.3 is 0 Å². The van der Waals surface area contributed by atoms with Gasteiger partial charge in [0.1, 0.15) is 12.1 Å². The van der Waals surface area contributed by atoms with Crippen molar-refractivity contribution in [2.75, 3.05) is 18.2 Å². The van der Waals surface area contributed by atoms with E-state index in [1.807, 2.05) is 4.57 Å². The van der Waals surface area contributed by atoms with E-state index in [4.69, 9.17) is 16.3 Å². The summed E-state index contributed by atoms with van der Waals surface area (Å²) in [6.45, 7) is 4.32. The van der Waals surface area contributed by atoms with E-state index in [1.54, 1.807) is 37.7 Å². The SMILES string of the molecule is C=CCn1cnnc1SCCC(=O)Nc1cc(Cl)ccc1OC. The first kappa shape index (κ1) is 17.4. The first-order valence-corrected chi connectivity index (χ1v) is 8.25. The van der Waals surface area contributed by atoms with Crippen LogP contribution < -0.4 is 10.1 Å². The zero-order valence-corrected chi connectivity index (χ0v) is 14.2. The molecule has 0 radical (unpaired) electrons. The van der Waals surface area contributed by atoms with Crippen molar-refractivity contribution in [3.05, 3.63) is 42.2 Å². The number of halogens is 1. The fraction of sp³-hybridized carbons (Fsp3) is 0.267. The number of ether oxygens (including phenoxy) is 1. The fourth-order valence-electron chi connectivity index (χ4n) is 1.85. The Labute approximate surface area is 143 Å². The van der Waals surface area contributed by atoms with Crippen LogP contribution in [0.15, 0.2) is 42.3 Å². The van der Waals surface area contributed by atoms with E-state index in [0.29, 0.717) is 35.2 Å². The van der Waals surface area contributed by atoms with Crippen molar-refractivity contribution in [3.8, 4) is 5.75 Å². The van der Waals surface area contributed by atoms with Gasteiger partial charge in [-0.25, -0.2) is 0 Å². The van der Waals surface area contributed by atoms with Crippen LogP contribution >= 0.6 is 23.4 Å². The van der Waals surface area contributed by atoms with Crippen LogP contribution in [0.25, 0.3) is 0 Å². The van der Waals surface area contributed by atoms with E-state index >= 15 is 0 Å². The van der Waals surface area contributed by atoms with E-state index in [2.05, 4.69) is 22.1 Å². The Morgan fingerprint density at radius 2 is 2.39 bits per heavy atom. The Balaban J connectivity index is 1.87. The molecule has 0 aliphatic heterocycles. The van der Waals surface area contributed by atoms with Crippen LogP contribution in [0, 0.1) is 0 Å². The lowest BCUT2D eigenvalue weighted by molar-refractivity contribution is -0.115. The first-order valence-electron chi connectivity index (χ1n) is 6.89. The topological polar surface area (TPSA) is 69.0 Å². The number of carbonyl (C=O) groups excluding carboxylic acids is 1. The molecule has 0 spiro atoms. The minimum absolute atomic E-state index is 0.118. The molecule has 122 valence electrons. The molecule has 1 aromatic heterocycles. The minimum Gasteiger partial charge on any atom is -0.495 e. The zero-order chi connectivity index (χ0) is 16.7. The third-order valence-electron chi connectivity index (χ3n) is 2.90. The van der Waals surface area contributed by atoms with Gasteiger partial charge in [0.2, 0.25) is 5.91 Å². The second-order valence-corrected chi connectivity index (χ2v) is 6.04. The number of anilines is 1. The number of thioether (sulfide) groups is 1. The van der Waals surface area contributed by atoms with Crippen LogP contribution in [0.1, 0.15) is 6.42 Å². The summed E-state index contributed by atoms with van der Waals surface area (Å²) in [6, 6.07) is 5.08. The molecule has 2 rings (SSSR count). The minimum atomic E-state index is -0.118. The van der Waals surface area contributed by atoms with Gasteiger partial charge in [-0.15, -0.1) is 16.8 Å². The lowest BCUT2D eigenvalue weighted by Gasteiger charge is -2.10. The molecule has 8 heteroatoms. The number of benzene rings is 1. The van der Waals surface area contributed by atoms with Crippen molar-refractivity contribution in [3.63, 3.8) is 0 Å². The Morgan fingerprint density at radius 1 is 1.57 bits per heavy atom. The highest BCUT2D eigenvalue weighted by molar-refractivity contribution is 7.99. The predicted molar refractivity (Wildman–Crippen MR) is 92.2 cm³/mol. The highest BCUT2D eigenvalue weighted by Crippen LogP contribution is 2.28. The van der Waals surface area contributed by atoms with Crippen molar-refractivity contribution >= 4 is 35.0 Å². The van der Waals surface area contributed by atoms with Gasteiger partial charge in [-0.1, -0.05) is 29.4 Å². The van der Waals surface area contributed by atoms with E-state index < -0.39 is 0 Å². The summed E-state index contributed by atoms with van der Waals surface area (Å²) in [4.78, 5) is 12.0. The maximum Gasteiger partial charge on any atom is 0.225 e. The Bertz CT molecular complexity index is 690. The smallest absolute Gasteiger partial charge is 0.225 e. The highest BCUT2D eigenvalue weighted by Gasteiger charge is 2.10. The lowest BCUT2D eigenvalue weighted by atomic mass is 10.3. The monoisotopic (exact) mass is 352 g/mol. The molecule has 0 aliphatic carbocycles. The number of carbonyl (C=O) groups is 1. The van der Waals surface area contributed by atoms with Gasteiger partial charge < -0.3 is 14.6 Å². The summed E-state index contributed by atoms with van der Waals surface area (Å²) in [6.07, 6.45) is 3.74. The molecule has 2 aromatic rings. The number of nitrogens with one attached hydrogen (secondary N) is 1. The average Bonchev–Trinajstić information content (AvgIpc) is 2.95. The Kier molecular flexibility index (Phi) is 6.49. The summed E-state index contributed by atoms with van der Waals surface area (Å²) in [5.41, 5.74) is 0.560. The maximum atomic E-state index is 12.0. The van der Waals surface area contributed by atoms with Crippen molar-refractivity contribution in [1.82, 2.24) is 14.8 Å². The molecule has 0 bridgehead atoms. The number of hydrogen-bond acceptors (Lipinski definition) is 5. The number of methoxy groups -OCH3 is 1. The van der Waals surface area contributed by atoms with Crippen molar-refractivity contribution in [2.45, 2.75) is 18.1 Å². The van der Waals surface area contributed by atoms with Crippen LogP contribution in [-0.4, -0.2) is 33.5 Å². The molecular weight excluding hydrogens is 336 g/mol. The second-order valence-electron chi connectivity index (χ2n) is 4.55. The molecule has 1 amide bonds.